The first kappa shape index (κ1) is 21.0. The normalized spacial score (nSPS) is 15.2. The Balaban J connectivity index is 2.17. The first-order valence-corrected chi connectivity index (χ1v) is 8.86. The summed E-state index contributed by atoms with van der Waals surface area (Å²) >= 11 is 0. The molecular weight excluding hydrogens is 388 g/mol. The van der Waals surface area contributed by atoms with Gasteiger partial charge in [-0.25, -0.2) is 4.39 Å². The molecule has 2 unspecified atom stereocenters. The van der Waals surface area contributed by atoms with Gasteiger partial charge >= 0.3 is 6.18 Å². The van der Waals surface area contributed by atoms with Crippen LogP contribution in [0.15, 0.2) is 48.5 Å². The van der Waals surface area contributed by atoms with E-state index >= 15 is 0 Å². The van der Waals surface area contributed by atoms with Crippen LogP contribution >= 0.6 is 0 Å². The molecule has 2 atom stereocenters. The number of fused-ring (bicyclic) bond motifs is 1. The molecule has 8 heteroatoms. The fourth-order valence-corrected chi connectivity index (χ4v) is 3.21. The predicted molar refractivity (Wildman–Crippen MR) is 102 cm³/mol. The van der Waals surface area contributed by atoms with E-state index in [4.69, 9.17) is 0 Å². The number of benzene rings is 2. The zero-order chi connectivity index (χ0) is 21.4. The van der Waals surface area contributed by atoms with Crippen LogP contribution in [0, 0.1) is 19.7 Å². The van der Waals surface area contributed by atoms with Crippen molar-refractivity contribution in [3.8, 4) is 0 Å². The van der Waals surface area contributed by atoms with Crippen LogP contribution in [-0.4, -0.2) is 33.6 Å². The highest BCUT2D eigenvalue weighted by Gasteiger charge is 2.59. The molecule has 0 spiro atoms. The Morgan fingerprint density at radius 1 is 1.07 bits per heavy atom. The van der Waals surface area contributed by atoms with E-state index in [9.17, 15) is 27.8 Å². The minimum Gasteiger partial charge on any atom is -0.393 e. The third-order valence-corrected chi connectivity index (χ3v) is 4.90. The van der Waals surface area contributed by atoms with Gasteiger partial charge in [-0.05, 0) is 55.3 Å². The van der Waals surface area contributed by atoms with E-state index in [1.807, 2.05) is 0 Å². The Hall–Kier alpha value is -2.71. The van der Waals surface area contributed by atoms with E-state index in [-0.39, 0.29) is 16.8 Å². The molecule has 3 rings (SSSR count). The van der Waals surface area contributed by atoms with Gasteiger partial charge in [-0.2, -0.15) is 13.2 Å². The van der Waals surface area contributed by atoms with Gasteiger partial charge in [0, 0.05) is 16.8 Å². The lowest BCUT2D eigenvalue weighted by atomic mass is 9.87. The van der Waals surface area contributed by atoms with Gasteiger partial charge in [0.2, 0.25) is 5.60 Å². The van der Waals surface area contributed by atoms with Gasteiger partial charge in [-0.3, -0.25) is 4.98 Å². The molecule has 2 aromatic carbocycles. The Labute approximate surface area is 164 Å². The number of alkyl halides is 3. The first-order valence-electron chi connectivity index (χ1n) is 8.86. The summed E-state index contributed by atoms with van der Waals surface area (Å²) < 4.78 is 54.9. The van der Waals surface area contributed by atoms with Crippen LogP contribution in [0.25, 0.3) is 10.9 Å². The second-order valence-electron chi connectivity index (χ2n) is 6.99. The number of pyridine rings is 1. The number of aromatic nitrogens is 1. The largest absolute Gasteiger partial charge is 0.421 e. The van der Waals surface area contributed by atoms with Crippen molar-refractivity contribution in [1.82, 2.24) is 4.98 Å². The minimum atomic E-state index is -5.15. The second kappa shape index (κ2) is 7.61. The van der Waals surface area contributed by atoms with E-state index < -0.39 is 30.2 Å². The van der Waals surface area contributed by atoms with Crippen molar-refractivity contribution in [3.63, 3.8) is 0 Å². The Morgan fingerprint density at radius 3 is 2.41 bits per heavy atom. The van der Waals surface area contributed by atoms with Crippen molar-refractivity contribution in [2.24, 2.45) is 0 Å². The van der Waals surface area contributed by atoms with Crippen LogP contribution in [0.1, 0.15) is 22.9 Å². The summed E-state index contributed by atoms with van der Waals surface area (Å²) in [6.45, 7) is 1.62. The summed E-state index contributed by atoms with van der Waals surface area (Å²) in [5, 5.41) is 23.2. The number of hydrogen-bond acceptors (Lipinski definition) is 4. The Morgan fingerprint density at radius 2 is 1.79 bits per heavy atom. The van der Waals surface area contributed by atoms with Gasteiger partial charge < -0.3 is 15.5 Å². The topological polar surface area (TPSA) is 65.4 Å². The smallest absolute Gasteiger partial charge is 0.393 e. The summed E-state index contributed by atoms with van der Waals surface area (Å²) in [7, 11) is 0. The summed E-state index contributed by atoms with van der Waals surface area (Å²) in [5.41, 5.74) is -1.82. The van der Waals surface area contributed by atoms with Gasteiger partial charge in [-0.15, -0.1) is 0 Å². The monoisotopic (exact) mass is 408 g/mol. The van der Waals surface area contributed by atoms with Crippen LogP contribution in [0.5, 0.6) is 0 Å². The standard InChI is InChI=1S/C21H20F4N2O2/c1-12-10-14(7-9-16(12)22)19(20(29,11-28)21(23,24)25)27-18-5-3-4-17-15(18)8-6-13(2)26-17/h3-10,19,27-29H,11H2,1-2H3. The number of nitrogens with one attached hydrogen (secondary N) is 1. The predicted octanol–water partition coefficient (Wildman–Crippen LogP) is 4.43. The molecule has 3 N–H and O–H groups in total. The third kappa shape index (κ3) is 3.90. The van der Waals surface area contributed by atoms with Gasteiger partial charge in [-0.1, -0.05) is 18.2 Å². The summed E-state index contributed by atoms with van der Waals surface area (Å²) in [4.78, 5) is 4.35. The maximum absolute atomic E-state index is 13.8. The molecule has 0 aliphatic rings. The highest BCUT2D eigenvalue weighted by Crippen LogP contribution is 2.42. The van der Waals surface area contributed by atoms with Gasteiger partial charge in [0.25, 0.3) is 0 Å². The second-order valence-corrected chi connectivity index (χ2v) is 6.99. The van der Waals surface area contributed by atoms with Crippen LogP contribution in [0.4, 0.5) is 23.2 Å². The first-order chi connectivity index (χ1) is 13.6. The molecule has 0 aliphatic heterocycles. The van der Waals surface area contributed by atoms with Crippen molar-refractivity contribution >= 4 is 16.6 Å². The molecule has 3 aromatic rings. The van der Waals surface area contributed by atoms with Crippen molar-refractivity contribution in [2.45, 2.75) is 31.7 Å². The summed E-state index contributed by atoms with van der Waals surface area (Å²) in [6, 6.07) is 9.91. The molecule has 0 radical (unpaired) electrons. The average Bonchev–Trinajstić information content (AvgIpc) is 2.66. The van der Waals surface area contributed by atoms with Crippen LogP contribution < -0.4 is 5.32 Å². The van der Waals surface area contributed by atoms with Crippen molar-refractivity contribution in [2.75, 3.05) is 11.9 Å². The average molecular weight is 408 g/mol. The number of aliphatic hydroxyl groups excluding tert-OH is 1. The summed E-state index contributed by atoms with van der Waals surface area (Å²) in [5.74, 6) is -0.586. The van der Waals surface area contributed by atoms with Crippen LogP contribution in [0.3, 0.4) is 0 Å². The molecule has 1 heterocycles. The lowest BCUT2D eigenvalue weighted by Crippen LogP contribution is -2.55. The van der Waals surface area contributed by atoms with E-state index in [1.165, 1.54) is 13.0 Å². The molecule has 29 heavy (non-hydrogen) atoms. The van der Waals surface area contributed by atoms with Crippen molar-refractivity contribution < 1.29 is 27.8 Å². The molecule has 154 valence electrons. The van der Waals surface area contributed by atoms with Gasteiger partial charge in [0.1, 0.15) is 5.82 Å². The Kier molecular flexibility index (Phi) is 5.51. The maximum Gasteiger partial charge on any atom is 0.421 e. The zero-order valence-corrected chi connectivity index (χ0v) is 15.8. The minimum absolute atomic E-state index is 0.0187. The Bertz CT molecular complexity index is 1040. The fourth-order valence-electron chi connectivity index (χ4n) is 3.21. The van der Waals surface area contributed by atoms with Crippen LogP contribution in [0.2, 0.25) is 0 Å². The van der Waals surface area contributed by atoms with Crippen LogP contribution in [-0.2, 0) is 0 Å². The SMILES string of the molecule is Cc1ccc2c(NC(c3ccc(F)c(C)c3)C(O)(CO)C(F)(F)F)cccc2n1. The molecule has 0 saturated carbocycles. The number of halogens is 4. The maximum atomic E-state index is 13.8. The quantitative estimate of drug-likeness (QED) is 0.547. The lowest BCUT2D eigenvalue weighted by Gasteiger charge is -2.37. The molecule has 0 fully saturated rings. The summed E-state index contributed by atoms with van der Waals surface area (Å²) in [6.07, 6.45) is -5.15. The number of aryl methyl sites for hydroxylation is 2. The highest BCUT2D eigenvalue weighted by molar-refractivity contribution is 5.91. The van der Waals surface area contributed by atoms with E-state index in [0.29, 0.717) is 10.9 Å². The number of nitrogens with zero attached hydrogens (tertiary/aromatic N) is 1. The third-order valence-electron chi connectivity index (χ3n) is 4.90. The number of anilines is 1. The molecule has 1 aromatic heterocycles. The van der Waals surface area contributed by atoms with E-state index in [2.05, 4.69) is 10.3 Å². The molecule has 4 nitrogen and oxygen atoms in total. The molecule has 0 amide bonds. The number of aliphatic hydroxyl groups is 2. The van der Waals surface area contributed by atoms with E-state index in [1.54, 1.807) is 37.3 Å². The van der Waals surface area contributed by atoms with Crippen molar-refractivity contribution in [1.29, 1.82) is 0 Å². The van der Waals surface area contributed by atoms with Crippen molar-refractivity contribution in [3.05, 3.63) is 71.2 Å². The number of rotatable bonds is 5. The number of hydrogen-bond donors (Lipinski definition) is 3. The molecular formula is C21H20F4N2O2. The molecule has 0 bridgehead atoms. The van der Waals surface area contributed by atoms with Gasteiger partial charge in [0.15, 0.2) is 0 Å². The highest BCUT2D eigenvalue weighted by atomic mass is 19.4. The fraction of sp³-hybridized carbons (Fsp3) is 0.286. The zero-order valence-electron chi connectivity index (χ0n) is 15.8. The van der Waals surface area contributed by atoms with E-state index in [0.717, 1.165) is 17.8 Å². The lowest BCUT2D eigenvalue weighted by molar-refractivity contribution is -0.277. The molecule has 0 aliphatic carbocycles. The molecule has 0 saturated heterocycles. The van der Waals surface area contributed by atoms with Gasteiger partial charge in [0.05, 0.1) is 18.2 Å².